The minimum atomic E-state index is -0.0883. The number of halogens is 1. The average Bonchev–Trinajstić information content (AvgIpc) is 2.86. The molecule has 0 amide bonds. The third-order valence-corrected chi connectivity index (χ3v) is 3.90. The van der Waals surface area contributed by atoms with Gasteiger partial charge in [0.25, 0.3) is 0 Å². The maximum absolute atomic E-state index is 6.49. The second-order valence-corrected chi connectivity index (χ2v) is 4.97. The molecule has 1 atom stereocenters. The van der Waals surface area contributed by atoms with E-state index in [1.807, 2.05) is 18.3 Å². The normalized spacial score (nSPS) is 15.6. The summed E-state index contributed by atoms with van der Waals surface area (Å²) in [7, 11) is 0. The van der Waals surface area contributed by atoms with Gasteiger partial charge in [0.05, 0.1) is 5.38 Å². The molecular formula is C15H14ClN. The van der Waals surface area contributed by atoms with Crippen LogP contribution in [-0.4, -0.2) is 4.98 Å². The summed E-state index contributed by atoms with van der Waals surface area (Å²) in [5.41, 5.74) is 5.20. The van der Waals surface area contributed by atoms with E-state index in [4.69, 9.17) is 11.6 Å². The Morgan fingerprint density at radius 3 is 2.76 bits per heavy atom. The molecule has 0 saturated carbocycles. The molecule has 3 rings (SSSR count). The van der Waals surface area contributed by atoms with Gasteiger partial charge in [-0.25, -0.2) is 0 Å². The van der Waals surface area contributed by atoms with Crippen LogP contribution in [0.3, 0.4) is 0 Å². The smallest absolute Gasteiger partial charge is 0.0850 e. The first-order chi connectivity index (χ1) is 8.34. The van der Waals surface area contributed by atoms with E-state index in [1.165, 1.54) is 36.0 Å². The number of benzene rings is 1. The third kappa shape index (κ3) is 2.07. The summed E-state index contributed by atoms with van der Waals surface area (Å²) in [5, 5.41) is -0.0883. The summed E-state index contributed by atoms with van der Waals surface area (Å²) < 4.78 is 0. The van der Waals surface area contributed by atoms with Crippen LogP contribution in [0.4, 0.5) is 0 Å². The molecule has 0 bridgehead atoms. The summed E-state index contributed by atoms with van der Waals surface area (Å²) in [6, 6.07) is 10.6. The van der Waals surface area contributed by atoms with E-state index in [0.29, 0.717) is 0 Å². The number of fused-ring (bicyclic) bond motifs is 1. The molecule has 1 aromatic carbocycles. The highest BCUT2D eigenvalue weighted by Crippen LogP contribution is 2.31. The highest BCUT2D eigenvalue weighted by molar-refractivity contribution is 6.22. The van der Waals surface area contributed by atoms with Crippen LogP contribution < -0.4 is 0 Å². The van der Waals surface area contributed by atoms with Crippen molar-refractivity contribution in [3.05, 3.63) is 65.0 Å². The molecular weight excluding hydrogens is 230 g/mol. The lowest BCUT2D eigenvalue weighted by Gasteiger charge is -2.11. The van der Waals surface area contributed by atoms with Crippen LogP contribution >= 0.6 is 11.6 Å². The molecule has 2 aromatic rings. The van der Waals surface area contributed by atoms with Crippen LogP contribution in [0, 0.1) is 0 Å². The molecule has 1 aromatic heterocycles. The standard InChI is InChI=1S/C15H14ClN/c16-15(14-5-2-8-17-10-14)13-7-6-11-3-1-4-12(11)9-13/h2,5-10,15H,1,3-4H2. The predicted molar refractivity (Wildman–Crippen MR) is 70.4 cm³/mol. The molecule has 0 saturated heterocycles. The highest BCUT2D eigenvalue weighted by atomic mass is 35.5. The molecule has 1 heterocycles. The topological polar surface area (TPSA) is 12.9 Å². The Kier molecular flexibility index (Phi) is 2.86. The number of pyridine rings is 1. The van der Waals surface area contributed by atoms with E-state index in [0.717, 1.165) is 5.56 Å². The van der Waals surface area contributed by atoms with Crippen LogP contribution in [0.25, 0.3) is 0 Å². The fourth-order valence-electron chi connectivity index (χ4n) is 2.47. The maximum Gasteiger partial charge on any atom is 0.0850 e. The lowest BCUT2D eigenvalue weighted by molar-refractivity contribution is 0.911. The Hall–Kier alpha value is -1.34. The summed E-state index contributed by atoms with van der Waals surface area (Å²) in [4.78, 5) is 4.12. The SMILES string of the molecule is ClC(c1cccnc1)c1ccc2c(c1)CCC2. The fourth-order valence-corrected chi connectivity index (χ4v) is 2.73. The van der Waals surface area contributed by atoms with Crippen molar-refractivity contribution < 1.29 is 0 Å². The van der Waals surface area contributed by atoms with Crippen molar-refractivity contribution in [2.24, 2.45) is 0 Å². The molecule has 0 aliphatic heterocycles. The third-order valence-electron chi connectivity index (χ3n) is 3.39. The van der Waals surface area contributed by atoms with Crippen LogP contribution in [0.15, 0.2) is 42.7 Å². The number of aryl methyl sites for hydroxylation is 2. The van der Waals surface area contributed by atoms with Crippen LogP contribution in [0.1, 0.15) is 34.1 Å². The Labute approximate surface area is 106 Å². The van der Waals surface area contributed by atoms with Gasteiger partial charge in [-0.2, -0.15) is 0 Å². The molecule has 0 N–H and O–H groups in total. The Balaban J connectivity index is 1.94. The van der Waals surface area contributed by atoms with Gasteiger partial charge < -0.3 is 0 Å². The van der Waals surface area contributed by atoms with Crippen LogP contribution in [0.5, 0.6) is 0 Å². The first-order valence-electron chi connectivity index (χ1n) is 6.00. The van der Waals surface area contributed by atoms with E-state index in [-0.39, 0.29) is 5.38 Å². The van der Waals surface area contributed by atoms with Crippen molar-refractivity contribution >= 4 is 11.6 Å². The molecule has 0 radical (unpaired) electrons. The van der Waals surface area contributed by atoms with E-state index in [9.17, 15) is 0 Å². The van der Waals surface area contributed by atoms with Gasteiger partial charge in [-0.05, 0) is 47.6 Å². The summed E-state index contributed by atoms with van der Waals surface area (Å²) in [5.74, 6) is 0. The maximum atomic E-state index is 6.49. The molecule has 1 unspecified atom stereocenters. The van der Waals surface area contributed by atoms with Gasteiger partial charge in [0, 0.05) is 12.4 Å². The second kappa shape index (κ2) is 4.50. The van der Waals surface area contributed by atoms with E-state index >= 15 is 0 Å². The largest absolute Gasteiger partial charge is 0.264 e. The number of aromatic nitrogens is 1. The Morgan fingerprint density at radius 2 is 1.94 bits per heavy atom. The summed E-state index contributed by atoms with van der Waals surface area (Å²) in [6.07, 6.45) is 7.30. The quantitative estimate of drug-likeness (QED) is 0.729. The summed E-state index contributed by atoms with van der Waals surface area (Å²) in [6.45, 7) is 0. The zero-order valence-electron chi connectivity index (χ0n) is 9.57. The fraction of sp³-hybridized carbons (Fsp3) is 0.267. The van der Waals surface area contributed by atoms with Crippen molar-refractivity contribution in [3.8, 4) is 0 Å². The minimum absolute atomic E-state index is 0.0883. The van der Waals surface area contributed by atoms with Gasteiger partial charge in [0.2, 0.25) is 0 Å². The molecule has 0 fully saturated rings. The van der Waals surface area contributed by atoms with Crippen molar-refractivity contribution in [2.75, 3.05) is 0 Å². The molecule has 17 heavy (non-hydrogen) atoms. The van der Waals surface area contributed by atoms with Crippen LogP contribution in [-0.2, 0) is 12.8 Å². The lowest BCUT2D eigenvalue weighted by Crippen LogP contribution is -1.95. The van der Waals surface area contributed by atoms with Gasteiger partial charge in [0.1, 0.15) is 0 Å². The molecule has 1 aliphatic rings. The monoisotopic (exact) mass is 243 g/mol. The van der Waals surface area contributed by atoms with E-state index in [1.54, 1.807) is 6.20 Å². The predicted octanol–water partition coefficient (Wildman–Crippen LogP) is 3.90. The Bertz CT molecular complexity index is 522. The number of alkyl halides is 1. The van der Waals surface area contributed by atoms with Crippen molar-refractivity contribution in [3.63, 3.8) is 0 Å². The van der Waals surface area contributed by atoms with Crippen LogP contribution in [0.2, 0.25) is 0 Å². The number of hydrogen-bond donors (Lipinski definition) is 0. The average molecular weight is 244 g/mol. The summed E-state index contributed by atoms with van der Waals surface area (Å²) >= 11 is 6.49. The lowest BCUT2D eigenvalue weighted by atomic mass is 10.0. The minimum Gasteiger partial charge on any atom is -0.264 e. The number of rotatable bonds is 2. The molecule has 0 spiro atoms. The van der Waals surface area contributed by atoms with Gasteiger partial charge in [-0.15, -0.1) is 11.6 Å². The van der Waals surface area contributed by atoms with Gasteiger partial charge in [0.15, 0.2) is 0 Å². The Morgan fingerprint density at radius 1 is 1.06 bits per heavy atom. The van der Waals surface area contributed by atoms with E-state index in [2.05, 4.69) is 23.2 Å². The first-order valence-corrected chi connectivity index (χ1v) is 6.44. The number of nitrogens with zero attached hydrogens (tertiary/aromatic N) is 1. The highest BCUT2D eigenvalue weighted by Gasteiger charge is 2.15. The van der Waals surface area contributed by atoms with E-state index < -0.39 is 0 Å². The second-order valence-electron chi connectivity index (χ2n) is 4.53. The van der Waals surface area contributed by atoms with Gasteiger partial charge in [-0.1, -0.05) is 24.3 Å². The zero-order valence-corrected chi connectivity index (χ0v) is 10.3. The number of hydrogen-bond acceptors (Lipinski definition) is 1. The first kappa shape index (κ1) is 10.8. The van der Waals surface area contributed by atoms with Crippen molar-refractivity contribution in [2.45, 2.75) is 24.6 Å². The zero-order chi connectivity index (χ0) is 11.7. The molecule has 1 nitrogen and oxygen atoms in total. The van der Waals surface area contributed by atoms with Gasteiger partial charge in [-0.3, -0.25) is 4.98 Å². The van der Waals surface area contributed by atoms with Crippen molar-refractivity contribution in [1.82, 2.24) is 4.98 Å². The molecule has 2 heteroatoms. The molecule has 86 valence electrons. The van der Waals surface area contributed by atoms with Gasteiger partial charge >= 0.3 is 0 Å². The van der Waals surface area contributed by atoms with Crippen molar-refractivity contribution in [1.29, 1.82) is 0 Å². The molecule has 1 aliphatic carbocycles.